The quantitative estimate of drug-likeness (QED) is 0.769. The lowest BCUT2D eigenvalue weighted by atomic mass is 10.0. The molecule has 1 aliphatic carbocycles. The van der Waals surface area contributed by atoms with Crippen molar-refractivity contribution in [3.8, 4) is 0 Å². The van der Waals surface area contributed by atoms with E-state index in [9.17, 15) is 8.42 Å². The van der Waals surface area contributed by atoms with Gasteiger partial charge in [-0.05, 0) is 12.1 Å². The van der Waals surface area contributed by atoms with Gasteiger partial charge < -0.3 is 0 Å². The van der Waals surface area contributed by atoms with Crippen LogP contribution in [0.1, 0.15) is 38.5 Å². The monoisotopic (exact) mass is 242 g/mol. The highest BCUT2D eigenvalue weighted by atomic mass is 32.2. The minimum absolute atomic E-state index is 0.0741. The van der Waals surface area contributed by atoms with E-state index in [-0.39, 0.29) is 4.90 Å². The van der Waals surface area contributed by atoms with Gasteiger partial charge in [0.1, 0.15) is 0 Å². The molecule has 0 aromatic heterocycles. The largest absolute Gasteiger partial charge is 0.294 e. The van der Waals surface area contributed by atoms with Gasteiger partial charge in [0, 0.05) is 0 Å². The van der Waals surface area contributed by atoms with Crippen LogP contribution < -0.4 is 0 Å². The molecular formula is C12H18O3S. The van der Waals surface area contributed by atoms with Crippen LogP contribution in [0.15, 0.2) is 35.2 Å². The van der Waals surface area contributed by atoms with E-state index in [0.29, 0.717) is 0 Å². The van der Waals surface area contributed by atoms with Gasteiger partial charge in [0.05, 0.1) is 4.90 Å². The average molecular weight is 242 g/mol. The molecule has 2 rings (SSSR count). The van der Waals surface area contributed by atoms with E-state index in [1.807, 2.05) is 0 Å². The van der Waals surface area contributed by atoms with Crippen LogP contribution in [0.5, 0.6) is 0 Å². The Morgan fingerprint density at radius 3 is 1.44 bits per heavy atom. The first-order chi connectivity index (χ1) is 7.61. The Morgan fingerprint density at radius 2 is 1.19 bits per heavy atom. The van der Waals surface area contributed by atoms with Crippen LogP contribution in [0.2, 0.25) is 0 Å². The van der Waals surface area contributed by atoms with Crippen molar-refractivity contribution in [3.63, 3.8) is 0 Å². The predicted octanol–water partition coefficient (Wildman–Crippen LogP) is 3.27. The highest BCUT2D eigenvalue weighted by Gasteiger charge is 2.05. The van der Waals surface area contributed by atoms with Gasteiger partial charge in [-0.1, -0.05) is 56.7 Å². The molecule has 0 bridgehead atoms. The Bertz CT molecular complexity index is 368. The maximum Gasteiger partial charge on any atom is 0.294 e. The number of benzene rings is 1. The summed E-state index contributed by atoms with van der Waals surface area (Å²) in [5.74, 6) is 0. The van der Waals surface area contributed by atoms with E-state index in [0.717, 1.165) is 0 Å². The van der Waals surface area contributed by atoms with Gasteiger partial charge in [-0.15, -0.1) is 0 Å². The fraction of sp³-hybridized carbons (Fsp3) is 0.500. The fourth-order valence-electron chi connectivity index (χ4n) is 1.65. The average Bonchev–Trinajstić information content (AvgIpc) is 2.32. The van der Waals surface area contributed by atoms with E-state index in [2.05, 4.69) is 0 Å². The van der Waals surface area contributed by atoms with Crippen molar-refractivity contribution in [2.24, 2.45) is 0 Å². The molecule has 0 heterocycles. The van der Waals surface area contributed by atoms with Gasteiger partial charge in [-0.2, -0.15) is 8.42 Å². The third-order valence-corrected chi connectivity index (χ3v) is 3.41. The maximum atomic E-state index is 10.4. The third kappa shape index (κ3) is 5.28. The number of hydrogen-bond donors (Lipinski definition) is 1. The molecular weight excluding hydrogens is 224 g/mol. The highest BCUT2D eigenvalue weighted by Crippen LogP contribution is 2.15. The highest BCUT2D eigenvalue weighted by molar-refractivity contribution is 7.85. The molecule has 0 aliphatic heterocycles. The smallest absolute Gasteiger partial charge is 0.282 e. The van der Waals surface area contributed by atoms with Gasteiger partial charge >= 0.3 is 0 Å². The lowest BCUT2D eigenvalue weighted by molar-refractivity contribution is 0.483. The zero-order valence-corrected chi connectivity index (χ0v) is 10.1. The van der Waals surface area contributed by atoms with E-state index >= 15 is 0 Å². The maximum absolute atomic E-state index is 10.4. The number of rotatable bonds is 1. The summed E-state index contributed by atoms with van der Waals surface area (Å²) in [5, 5.41) is 0. The molecule has 0 spiro atoms. The first-order valence-electron chi connectivity index (χ1n) is 5.63. The van der Waals surface area contributed by atoms with Gasteiger partial charge in [0.15, 0.2) is 0 Å². The predicted molar refractivity (Wildman–Crippen MR) is 64.0 cm³/mol. The third-order valence-electron chi connectivity index (χ3n) is 2.54. The normalized spacial score (nSPS) is 16.1. The van der Waals surface area contributed by atoms with Crippen molar-refractivity contribution in [2.45, 2.75) is 43.4 Å². The van der Waals surface area contributed by atoms with Crippen molar-refractivity contribution in [2.75, 3.05) is 0 Å². The minimum Gasteiger partial charge on any atom is -0.282 e. The second-order valence-electron chi connectivity index (χ2n) is 3.91. The zero-order valence-electron chi connectivity index (χ0n) is 9.30. The van der Waals surface area contributed by atoms with E-state index in [1.165, 1.54) is 50.7 Å². The lowest BCUT2D eigenvalue weighted by Gasteiger charge is -2.05. The number of hydrogen-bond acceptors (Lipinski definition) is 2. The molecule has 1 aromatic rings. The molecule has 1 N–H and O–H groups in total. The topological polar surface area (TPSA) is 54.4 Å². The molecule has 90 valence electrons. The van der Waals surface area contributed by atoms with E-state index in [1.54, 1.807) is 18.2 Å². The molecule has 0 saturated heterocycles. The molecule has 0 amide bonds. The summed E-state index contributed by atoms with van der Waals surface area (Å²) in [6.07, 6.45) is 9.00. The van der Waals surface area contributed by atoms with Crippen LogP contribution in [0.4, 0.5) is 0 Å². The fourth-order valence-corrected chi connectivity index (χ4v) is 2.15. The Hall–Kier alpha value is -0.870. The van der Waals surface area contributed by atoms with Crippen molar-refractivity contribution in [1.82, 2.24) is 0 Å². The standard InChI is InChI=1S/C6H6O3S.C6H12/c7-10(8,9)6-4-2-1-3-5-6;1-2-4-6-5-3-1/h1-5H,(H,7,8,9);1-6H2. The van der Waals surface area contributed by atoms with Crippen molar-refractivity contribution >= 4 is 10.1 Å². The van der Waals surface area contributed by atoms with Crippen LogP contribution in [0, 0.1) is 0 Å². The first kappa shape index (κ1) is 13.2. The summed E-state index contributed by atoms with van der Waals surface area (Å²) in [6.45, 7) is 0. The van der Waals surface area contributed by atoms with Gasteiger partial charge in [0.25, 0.3) is 10.1 Å². The molecule has 1 aliphatic rings. The second kappa shape index (κ2) is 6.66. The summed E-state index contributed by atoms with van der Waals surface area (Å²) in [4.78, 5) is -0.0741. The molecule has 4 heteroatoms. The lowest BCUT2D eigenvalue weighted by Crippen LogP contribution is -1.96. The SMILES string of the molecule is C1CCCCC1.O=S(=O)(O)c1ccccc1. The molecule has 3 nitrogen and oxygen atoms in total. The summed E-state index contributed by atoms with van der Waals surface area (Å²) in [7, 11) is -4.00. The van der Waals surface area contributed by atoms with Crippen LogP contribution in [0.25, 0.3) is 0 Å². The molecule has 0 atom stereocenters. The van der Waals surface area contributed by atoms with Gasteiger partial charge in [0.2, 0.25) is 0 Å². The second-order valence-corrected chi connectivity index (χ2v) is 5.33. The summed E-state index contributed by atoms with van der Waals surface area (Å²) < 4.78 is 29.2. The Labute approximate surface area is 97.2 Å². The molecule has 1 saturated carbocycles. The Morgan fingerprint density at radius 1 is 0.812 bits per heavy atom. The van der Waals surface area contributed by atoms with Gasteiger partial charge in [-0.3, -0.25) is 4.55 Å². The van der Waals surface area contributed by atoms with Crippen molar-refractivity contribution < 1.29 is 13.0 Å². The van der Waals surface area contributed by atoms with Crippen LogP contribution in [-0.2, 0) is 10.1 Å². The molecule has 16 heavy (non-hydrogen) atoms. The Kier molecular flexibility index (Phi) is 5.49. The van der Waals surface area contributed by atoms with E-state index in [4.69, 9.17) is 4.55 Å². The van der Waals surface area contributed by atoms with Crippen LogP contribution >= 0.6 is 0 Å². The van der Waals surface area contributed by atoms with Crippen molar-refractivity contribution in [1.29, 1.82) is 0 Å². The molecule has 1 fully saturated rings. The van der Waals surface area contributed by atoms with Crippen LogP contribution in [-0.4, -0.2) is 13.0 Å². The summed E-state index contributed by atoms with van der Waals surface area (Å²) in [5.41, 5.74) is 0. The molecule has 0 radical (unpaired) electrons. The molecule has 0 unspecified atom stereocenters. The Balaban J connectivity index is 0.000000181. The van der Waals surface area contributed by atoms with E-state index < -0.39 is 10.1 Å². The zero-order chi connectivity index (χ0) is 11.9. The summed E-state index contributed by atoms with van der Waals surface area (Å²) in [6, 6.07) is 7.42. The van der Waals surface area contributed by atoms with Gasteiger partial charge in [-0.25, -0.2) is 0 Å². The first-order valence-corrected chi connectivity index (χ1v) is 7.07. The van der Waals surface area contributed by atoms with Crippen LogP contribution in [0.3, 0.4) is 0 Å². The minimum atomic E-state index is -4.00. The molecule has 1 aromatic carbocycles. The van der Waals surface area contributed by atoms with Crippen molar-refractivity contribution in [3.05, 3.63) is 30.3 Å². The summed E-state index contributed by atoms with van der Waals surface area (Å²) >= 11 is 0.